The van der Waals surface area contributed by atoms with Gasteiger partial charge in [-0.05, 0) is 24.8 Å². The Labute approximate surface area is 151 Å². The third-order valence-corrected chi connectivity index (χ3v) is 4.15. The fourth-order valence-corrected chi connectivity index (χ4v) is 2.83. The lowest BCUT2D eigenvalue weighted by Gasteiger charge is -2.13. The molecule has 0 saturated carbocycles. The first kappa shape index (κ1) is 17.9. The number of rotatable bonds is 8. The van der Waals surface area contributed by atoms with E-state index in [9.17, 15) is 10.1 Å². The lowest BCUT2D eigenvalue weighted by Crippen LogP contribution is -2.21. The van der Waals surface area contributed by atoms with E-state index in [1.54, 1.807) is 0 Å². The number of nitrogens with one attached hydrogen (secondary N) is 2. The predicted molar refractivity (Wildman–Crippen MR) is 99.2 cm³/mol. The largest absolute Gasteiger partial charge is 0.378 e. The van der Waals surface area contributed by atoms with E-state index in [1.807, 2.05) is 30.3 Å². The third kappa shape index (κ3) is 4.57. The first-order chi connectivity index (χ1) is 12.6. The zero-order chi connectivity index (χ0) is 18.4. The highest BCUT2D eigenvalue weighted by atomic mass is 16.6. The average molecular weight is 358 g/mol. The molecule has 1 saturated heterocycles. The van der Waals surface area contributed by atoms with Crippen LogP contribution in [0.5, 0.6) is 0 Å². The molecule has 1 aromatic carbocycles. The lowest BCUT2D eigenvalue weighted by molar-refractivity contribution is -0.383. The molecule has 4 N–H and O–H groups in total. The average Bonchev–Trinajstić information content (AvgIpc) is 3.14. The summed E-state index contributed by atoms with van der Waals surface area (Å²) in [6.07, 6.45) is 2.72. The molecule has 1 aliphatic heterocycles. The molecule has 3 rings (SSSR count). The van der Waals surface area contributed by atoms with Crippen LogP contribution in [0, 0.1) is 10.1 Å². The van der Waals surface area contributed by atoms with Crippen molar-refractivity contribution in [2.24, 2.45) is 0 Å². The number of aromatic nitrogens is 2. The molecule has 1 aliphatic rings. The molecule has 1 aromatic heterocycles. The molecule has 1 atom stereocenters. The minimum Gasteiger partial charge on any atom is -0.378 e. The van der Waals surface area contributed by atoms with Crippen LogP contribution < -0.4 is 16.4 Å². The summed E-state index contributed by atoms with van der Waals surface area (Å²) in [5, 5.41) is 17.4. The summed E-state index contributed by atoms with van der Waals surface area (Å²) in [6.45, 7) is 1.75. The molecule has 0 unspecified atom stereocenters. The smallest absolute Gasteiger partial charge is 0.353 e. The van der Waals surface area contributed by atoms with E-state index in [-0.39, 0.29) is 29.4 Å². The van der Waals surface area contributed by atoms with Crippen LogP contribution in [0.15, 0.2) is 30.3 Å². The highest BCUT2D eigenvalue weighted by Crippen LogP contribution is 2.29. The molecule has 138 valence electrons. The van der Waals surface area contributed by atoms with Crippen molar-refractivity contribution in [1.82, 2.24) is 9.97 Å². The van der Waals surface area contributed by atoms with Crippen molar-refractivity contribution in [2.75, 3.05) is 36.1 Å². The summed E-state index contributed by atoms with van der Waals surface area (Å²) in [6, 6.07) is 9.97. The van der Waals surface area contributed by atoms with Crippen LogP contribution in [0.4, 0.5) is 23.3 Å². The minimum absolute atomic E-state index is 0.0280. The molecular formula is C17H22N6O3. The number of hydrogen-bond acceptors (Lipinski definition) is 8. The van der Waals surface area contributed by atoms with Gasteiger partial charge < -0.3 is 21.1 Å². The topological polar surface area (TPSA) is 128 Å². The SMILES string of the molecule is Nc1nc(NCCc2ccccc2)nc(NC[C@H]2CCCO2)c1[N+](=O)[O-]. The number of nitro groups is 1. The van der Waals surface area contributed by atoms with Crippen LogP contribution >= 0.6 is 0 Å². The van der Waals surface area contributed by atoms with E-state index in [1.165, 1.54) is 5.56 Å². The number of benzene rings is 1. The Hall–Kier alpha value is -2.94. The van der Waals surface area contributed by atoms with Gasteiger partial charge in [0.2, 0.25) is 17.6 Å². The van der Waals surface area contributed by atoms with Gasteiger partial charge in [-0.15, -0.1) is 0 Å². The van der Waals surface area contributed by atoms with E-state index in [0.29, 0.717) is 19.7 Å². The van der Waals surface area contributed by atoms with E-state index in [2.05, 4.69) is 20.6 Å². The van der Waals surface area contributed by atoms with Crippen LogP contribution in [0.25, 0.3) is 0 Å². The number of nitrogens with zero attached hydrogens (tertiary/aromatic N) is 3. The zero-order valence-electron chi connectivity index (χ0n) is 14.4. The maximum absolute atomic E-state index is 11.3. The predicted octanol–water partition coefficient (Wildman–Crippen LogP) is 2.21. The monoisotopic (exact) mass is 358 g/mol. The Morgan fingerprint density at radius 2 is 2.08 bits per heavy atom. The van der Waals surface area contributed by atoms with E-state index in [0.717, 1.165) is 19.3 Å². The molecule has 0 aliphatic carbocycles. The second-order valence-corrected chi connectivity index (χ2v) is 6.07. The van der Waals surface area contributed by atoms with Gasteiger partial charge in [0, 0.05) is 19.7 Å². The Morgan fingerprint density at radius 3 is 2.77 bits per heavy atom. The molecule has 0 radical (unpaired) electrons. The lowest BCUT2D eigenvalue weighted by atomic mass is 10.1. The summed E-state index contributed by atoms with van der Waals surface area (Å²) in [5.74, 6) is 0.209. The van der Waals surface area contributed by atoms with Gasteiger partial charge in [0.15, 0.2) is 0 Å². The second-order valence-electron chi connectivity index (χ2n) is 6.07. The van der Waals surface area contributed by atoms with Gasteiger partial charge in [-0.25, -0.2) is 0 Å². The van der Waals surface area contributed by atoms with Crippen LogP contribution in [-0.4, -0.2) is 40.7 Å². The molecule has 0 amide bonds. The fourth-order valence-electron chi connectivity index (χ4n) is 2.83. The number of ether oxygens (including phenoxy) is 1. The number of anilines is 3. The van der Waals surface area contributed by atoms with Gasteiger partial charge >= 0.3 is 5.69 Å². The first-order valence-electron chi connectivity index (χ1n) is 8.58. The third-order valence-electron chi connectivity index (χ3n) is 4.15. The summed E-state index contributed by atoms with van der Waals surface area (Å²) in [7, 11) is 0. The highest BCUT2D eigenvalue weighted by molar-refractivity contribution is 5.69. The summed E-state index contributed by atoms with van der Waals surface area (Å²) in [4.78, 5) is 19.0. The second kappa shape index (κ2) is 8.43. The molecule has 1 fully saturated rings. The van der Waals surface area contributed by atoms with Crippen molar-refractivity contribution >= 4 is 23.3 Å². The van der Waals surface area contributed by atoms with Gasteiger partial charge in [0.1, 0.15) is 0 Å². The maximum Gasteiger partial charge on any atom is 0.353 e. The Balaban J connectivity index is 1.68. The molecule has 0 bridgehead atoms. The van der Waals surface area contributed by atoms with Crippen molar-refractivity contribution in [3.63, 3.8) is 0 Å². The standard InChI is InChI=1S/C17H22N6O3/c18-15-14(23(24)25)16(20-11-13-7-4-10-26-13)22-17(21-15)19-9-8-12-5-2-1-3-6-12/h1-3,5-6,13H,4,7-11H2,(H4,18,19,20,21,22)/t13-/m1/s1. The number of nitrogens with two attached hydrogens (primary N) is 1. The molecule has 2 aromatic rings. The van der Waals surface area contributed by atoms with Crippen LogP contribution in [-0.2, 0) is 11.2 Å². The number of nitrogen functional groups attached to an aromatic ring is 1. The Kier molecular flexibility index (Phi) is 5.80. The molecule has 2 heterocycles. The molecule has 9 nitrogen and oxygen atoms in total. The molecule has 26 heavy (non-hydrogen) atoms. The van der Waals surface area contributed by atoms with Crippen molar-refractivity contribution in [2.45, 2.75) is 25.4 Å². The molecule has 9 heteroatoms. The molecular weight excluding hydrogens is 336 g/mol. The summed E-state index contributed by atoms with van der Waals surface area (Å²) in [5.41, 5.74) is 6.65. The minimum atomic E-state index is -0.569. The number of hydrogen-bond donors (Lipinski definition) is 3. The van der Waals surface area contributed by atoms with Gasteiger partial charge in [-0.2, -0.15) is 9.97 Å². The van der Waals surface area contributed by atoms with E-state index >= 15 is 0 Å². The highest BCUT2D eigenvalue weighted by Gasteiger charge is 2.24. The zero-order valence-corrected chi connectivity index (χ0v) is 14.4. The summed E-state index contributed by atoms with van der Waals surface area (Å²) < 4.78 is 5.53. The van der Waals surface area contributed by atoms with Gasteiger partial charge in [-0.3, -0.25) is 10.1 Å². The van der Waals surface area contributed by atoms with Crippen molar-refractivity contribution in [3.05, 3.63) is 46.0 Å². The Bertz CT molecular complexity index is 750. The Morgan fingerprint density at radius 1 is 1.27 bits per heavy atom. The van der Waals surface area contributed by atoms with Gasteiger partial charge in [0.05, 0.1) is 11.0 Å². The van der Waals surface area contributed by atoms with Crippen LogP contribution in [0.3, 0.4) is 0 Å². The van der Waals surface area contributed by atoms with Crippen LogP contribution in [0.2, 0.25) is 0 Å². The van der Waals surface area contributed by atoms with E-state index in [4.69, 9.17) is 10.5 Å². The summed E-state index contributed by atoms with van der Waals surface area (Å²) >= 11 is 0. The normalized spacial score (nSPS) is 16.4. The van der Waals surface area contributed by atoms with E-state index < -0.39 is 4.92 Å². The van der Waals surface area contributed by atoms with Gasteiger partial charge in [-0.1, -0.05) is 30.3 Å². The maximum atomic E-state index is 11.3. The van der Waals surface area contributed by atoms with Gasteiger partial charge in [0.25, 0.3) is 0 Å². The van der Waals surface area contributed by atoms with Crippen molar-refractivity contribution in [1.29, 1.82) is 0 Å². The molecule has 0 spiro atoms. The quantitative estimate of drug-likeness (QED) is 0.484. The van der Waals surface area contributed by atoms with Crippen LogP contribution in [0.1, 0.15) is 18.4 Å². The first-order valence-corrected chi connectivity index (χ1v) is 8.58. The van der Waals surface area contributed by atoms with Crippen molar-refractivity contribution < 1.29 is 9.66 Å². The fraction of sp³-hybridized carbons (Fsp3) is 0.412. The van der Waals surface area contributed by atoms with Crippen molar-refractivity contribution in [3.8, 4) is 0 Å².